The summed E-state index contributed by atoms with van der Waals surface area (Å²) in [6.45, 7) is 3.90. The minimum Gasteiger partial charge on any atom is -0.493 e. The molecule has 146 valence electrons. The minimum absolute atomic E-state index is 0.236. The summed E-state index contributed by atoms with van der Waals surface area (Å²) < 4.78 is 11.1. The van der Waals surface area contributed by atoms with Gasteiger partial charge in [-0.15, -0.1) is 6.58 Å². The van der Waals surface area contributed by atoms with E-state index in [4.69, 9.17) is 9.47 Å². The number of fused-ring (bicyclic) bond motifs is 1. The van der Waals surface area contributed by atoms with E-state index in [1.54, 1.807) is 36.4 Å². The highest BCUT2D eigenvalue weighted by molar-refractivity contribution is 9.10. The van der Waals surface area contributed by atoms with Crippen LogP contribution in [-0.4, -0.2) is 37.6 Å². The van der Waals surface area contributed by atoms with Crippen molar-refractivity contribution >= 4 is 33.3 Å². The third kappa shape index (κ3) is 3.31. The lowest BCUT2D eigenvalue weighted by molar-refractivity contribution is -0.135. The molecule has 0 aliphatic carbocycles. The molecule has 1 aliphatic rings. The van der Waals surface area contributed by atoms with Gasteiger partial charge in [-0.3, -0.25) is 9.59 Å². The summed E-state index contributed by atoms with van der Waals surface area (Å²) in [5.41, 5.74) is -0.678. The predicted molar refractivity (Wildman–Crippen MR) is 109 cm³/mol. The molecule has 0 saturated carbocycles. The fourth-order valence-corrected chi connectivity index (χ4v) is 3.71. The second-order valence-electron chi connectivity index (χ2n) is 6.40. The number of nitrogens with zero attached hydrogens (tertiary/aromatic N) is 1. The first kappa shape index (κ1) is 20.1. The summed E-state index contributed by atoms with van der Waals surface area (Å²) in [4.78, 5) is 27.3. The summed E-state index contributed by atoms with van der Waals surface area (Å²) in [6, 6.07) is 9.91. The van der Waals surface area contributed by atoms with Gasteiger partial charge in [-0.25, -0.2) is 0 Å². The molecule has 6 nitrogen and oxygen atoms in total. The van der Waals surface area contributed by atoms with E-state index in [9.17, 15) is 14.7 Å². The smallest absolute Gasteiger partial charge is 0.264 e. The lowest BCUT2D eigenvalue weighted by Gasteiger charge is -2.22. The molecule has 2 aromatic carbocycles. The Labute approximate surface area is 171 Å². The Bertz CT molecular complexity index is 958. The summed E-state index contributed by atoms with van der Waals surface area (Å²) in [6.07, 6.45) is 1.18. The van der Waals surface area contributed by atoms with E-state index in [-0.39, 0.29) is 12.3 Å². The Kier molecular flexibility index (Phi) is 5.58. The van der Waals surface area contributed by atoms with Crippen molar-refractivity contribution in [1.82, 2.24) is 0 Å². The van der Waals surface area contributed by atoms with Crippen LogP contribution in [-0.2, 0) is 10.4 Å². The maximum Gasteiger partial charge on any atom is 0.264 e. The molecule has 0 saturated heterocycles. The van der Waals surface area contributed by atoms with E-state index >= 15 is 0 Å². The first-order valence-corrected chi connectivity index (χ1v) is 9.35. The van der Waals surface area contributed by atoms with Gasteiger partial charge in [0.25, 0.3) is 5.91 Å². The van der Waals surface area contributed by atoms with Crippen LogP contribution in [0.4, 0.5) is 5.69 Å². The lowest BCUT2D eigenvalue weighted by atomic mass is 9.88. The first-order chi connectivity index (χ1) is 13.3. The van der Waals surface area contributed by atoms with Crippen molar-refractivity contribution in [2.45, 2.75) is 12.0 Å². The minimum atomic E-state index is -1.95. The number of aliphatic hydroxyl groups is 1. The molecule has 0 aromatic heterocycles. The largest absolute Gasteiger partial charge is 0.493 e. The Balaban J connectivity index is 1.99. The first-order valence-electron chi connectivity index (χ1n) is 8.56. The lowest BCUT2D eigenvalue weighted by Crippen LogP contribution is -2.41. The molecular weight excluding hydrogens is 426 g/mol. The number of anilines is 1. The van der Waals surface area contributed by atoms with Crippen LogP contribution in [0.15, 0.2) is 53.5 Å². The van der Waals surface area contributed by atoms with Crippen LogP contribution >= 0.6 is 15.9 Å². The standard InChI is InChI=1S/C21H20BrNO5/c1-4-9-23-16-7-6-14(22)11-15(16)21(26,20(23)25)12-17(24)13-5-8-18(27-2)19(10-13)28-3/h4-8,10-11,26H,1,9,12H2,2-3H3. The molecule has 0 spiro atoms. The topological polar surface area (TPSA) is 76.1 Å². The molecule has 7 heteroatoms. The molecule has 3 rings (SSSR count). The van der Waals surface area contributed by atoms with Crippen molar-refractivity contribution in [2.75, 3.05) is 25.7 Å². The Morgan fingerprint density at radius 2 is 1.93 bits per heavy atom. The van der Waals surface area contributed by atoms with Gasteiger partial charge in [-0.1, -0.05) is 22.0 Å². The van der Waals surface area contributed by atoms with Crippen LogP contribution in [0.1, 0.15) is 22.3 Å². The molecule has 0 fully saturated rings. The number of carbonyl (C=O) groups is 2. The van der Waals surface area contributed by atoms with Crippen molar-refractivity contribution in [2.24, 2.45) is 0 Å². The van der Waals surface area contributed by atoms with Gasteiger partial charge < -0.3 is 19.5 Å². The Morgan fingerprint density at radius 1 is 1.21 bits per heavy atom. The van der Waals surface area contributed by atoms with Gasteiger partial charge in [0.1, 0.15) is 0 Å². The van der Waals surface area contributed by atoms with Gasteiger partial charge in [0, 0.05) is 22.1 Å². The number of ether oxygens (including phenoxy) is 2. The van der Waals surface area contributed by atoms with Crippen LogP contribution in [0.2, 0.25) is 0 Å². The van der Waals surface area contributed by atoms with Crippen molar-refractivity contribution in [3.63, 3.8) is 0 Å². The molecule has 0 radical (unpaired) electrons. The molecule has 1 aliphatic heterocycles. The number of benzene rings is 2. The molecule has 1 N–H and O–H groups in total. The zero-order chi connectivity index (χ0) is 20.5. The van der Waals surface area contributed by atoms with Gasteiger partial charge in [0.2, 0.25) is 0 Å². The van der Waals surface area contributed by atoms with E-state index in [2.05, 4.69) is 22.5 Å². The van der Waals surface area contributed by atoms with Crippen molar-refractivity contribution in [3.8, 4) is 11.5 Å². The zero-order valence-electron chi connectivity index (χ0n) is 15.6. The van der Waals surface area contributed by atoms with Gasteiger partial charge in [-0.05, 0) is 36.4 Å². The number of rotatable bonds is 7. The van der Waals surface area contributed by atoms with Crippen molar-refractivity contribution < 1.29 is 24.2 Å². The van der Waals surface area contributed by atoms with E-state index < -0.39 is 17.9 Å². The van der Waals surface area contributed by atoms with Crippen LogP contribution in [0.3, 0.4) is 0 Å². The maximum absolute atomic E-state index is 13.0. The molecule has 1 unspecified atom stereocenters. The molecule has 0 bridgehead atoms. The van der Waals surface area contributed by atoms with Crippen LogP contribution < -0.4 is 14.4 Å². The SMILES string of the molecule is C=CCN1C(=O)C(O)(CC(=O)c2ccc(OC)c(OC)c2)c2cc(Br)ccc21. The van der Waals surface area contributed by atoms with Crippen molar-refractivity contribution in [1.29, 1.82) is 0 Å². The predicted octanol–water partition coefficient (Wildman–Crippen LogP) is 3.46. The molecule has 28 heavy (non-hydrogen) atoms. The highest BCUT2D eigenvalue weighted by atomic mass is 79.9. The van der Waals surface area contributed by atoms with Crippen LogP contribution in [0.5, 0.6) is 11.5 Å². The number of ketones is 1. The van der Waals surface area contributed by atoms with Gasteiger partial charge in [0.15, 0.2) is 22.9 Å². The molecule has 1 heterocycles. The third-order valence-corrected chi connectivity index (χ3v) is 5.22. The number of carbonyl (C=O) groups excluding carboxylic acids is 2. The highest BCUT2D eigenvalue weighted by Crippen LogP contribution is 2.44. The van der Waals surface area contributed by atoms with E-state index in [0.717, 1.165) is 0 Å². The Hall–Kier alpha value is -2.64. The average Bonchev–Trinajstić information content (AvgIpc) is 2.89. The maximum atomic E-state index is 13.0. The molecule has 1 atom stereocenters. The number of Topliss-reactive ketones (excluding diaryl/α,β-unsaturated/α-hetero) is 1. The summed E-state index contributed by atoms with van der Waals surface area (Å²) in [5.74, 6) is -0.0480. The van der Waals surface area contributed by atoms with Crippen molar-refractivity contribution in [3.05, 3.63) is 64.7 Å². The van der Waals surface area contributed by atoms with E-state index in [0.29, 0.717) is 32.8 Å². The third-order valence-electron chi connectivity index (χ3n) is 4.73. The second kappa shape index (κ2) is 7.77. The second-order valence-corrected chi connectivity index (χ2v) is 7.31. The van der Waals surface area contributed by atoms with E-state index in [1.807, 2.05) is 0 Å². The highest BCUT2D eigenvalue weighted by Gasteiger charge is 2.50. The van der Waals surface area contributed by atoms with Crippen LogP contribution in [0.25, 0.3) is 0 Å². The summed E-state index contributed by atoms with van der Waals surface area (Å²) in [5, 5.41) is 11.3. The summed E-state index contributed by atoms with van der Waals surface area (Å²) >= 11 is 3.36. The van der Waals surface area contributed by atoms with Crippen LogP contribution in [0, 0.1) is 0 Å². The molecule has 1 amide bonds. The fourth-order valence-electron chi connectivity index (χ4n) is 3.35. The number of methoxy groups -OCH3 is 2. The van der Waals surface area contributed by atoms with Gasteiger partial charge >= 0.3 is 0 Å². The zero-order valence-corrected chi connectivity index (χ0v) is 17.2. The summed E-state index contributed by atoms with van der Waals surface area (Å²) in [7, 11) is 2.98. The van der Waals surface area contributed by atoms with Gasteiger partial charge in [-0.2, -0.15) is 0 Å². The molecule has 2 aromatic rings. The monoisotopic (exact) mass is 445 g/mol. The quantitative estimate of drug-likeness (QED) is 0.521. The normalized spacial score (nSPS) is 18.0. The number of amides is 1. The number of hydrogen-bond donors (Lipinski definition) is 1. The number of halogens is 1. The van der Waals surface area contributed by atoms with Gasteiger partial charge in [0.05, 0.1) is 26.3 Å². The Morgan fingerprint density at radius 3 is 2.57 bits per heavy atom. The average molecular weight is 446 g/mol. The van der Waals surface area contributed by atoms with E-state index in [1.165, 1.54) is 25.2 Å². The number of hydrogen-bond acceptors (Lipinski definition) is 5. The molecular formula is C21H20BrNO5. The fraction of sp³-hybridized carbons (Fsp3) is 0.238.